The summed E-state index contributed by atoms with van der Waals surface area (Å²) in [5.41, 5.74) is 0.623. The van der Waals surface area contributed by atoms with E-state index in [1.807, 2.05) is 17.7 Å². The topological polar surface area (TPSA) is 80.0 Å². The summed E-state index contributed by atoms with van der Waals surface area (Å²) in [5.74, 6) is 0.273. The number of imidazole rings is 1. The van der Waals surface area contributed by atoms with Gasteiger partial charge in [-0.3, -0.25) is 9.78 Å². The van der Waals surface area contributed by atoms with Crippen molar-refractivity contribution in [3.8, 4) is 5.75 Å². The number of aromatic nitrogens is 3. The predicted molar refractivity (Wildman–Crippen MR) is 77.8 cm³/mol. The van der Waals surface area contributed by atoms with Crippen molar-refractivity contribution in [1.82, 2.24) is 19.9 Å². The molecule has 0 aliphatic heterocycles. The van der Waals surface area contributed by atoms with E-state index in [9.17, 15) is 9.90 Å². The van der Waals surface area contributed by atoms with Crippen LogP contribution in [-0.4, -0.2) is 25.5 Å². The number of amides is 1. The number of benzene rings is 1. The van der Waals surface area contributed by atoms with E-state index in [1.54, 1.807) is 36.8 Å². The summed E-state index contributed by atoms with van der Waals surface area (Å²) in [6, 6.07) is 6.96. The molecule has 0 atom stereocenters. The Kier molecular flexibility index (Phi) is 3.27. The van der Waals surface area contributed by atoms with E-state index in [1.165, 1.54) is 0 Å². The number of phenolic OH excluding ortho intramolecular Hbond substituents is 1. The molecule has 2 aromatic heterocycles. The van der Waals surface area contributed by atoms with Gasteiger partial charge < -0.3 is 15.0 Å². The van der Waals surface area contributed by atoms with Crippen molar-refractivity contribution in [3.05, 3.63) is 54.2 Å². The van der Waals surface area contributed by atoms with Crippen LogP contribution in [0.15, 0.2) is 42.9 Å². The molecule has 0 bridgehead atoms. The monoisotopic (exact) mass is 282 g/mol. The standard InChI is InChI=1S/C15H14N4O2/c1-19-8-7-16-12(19)9-18-15(21)11-5-4-10-3-2-6-17-13(10)14(11)20/h2-8,20H,9H2,1H3,(H,18,21). The Morgan fingerprint density at radius 3 is 2.90 bits per heavy atom. The van der Waals surface area contributed by atoms with Gasteiger partial charge in [0.15, 0.2) is 5.75 Å². The third kappa shape index (κ3) is 2.43. The number of hydrogen-bond donors (Lipinski definition) is 2. The maximum Gasteiger partial charge on any atom is 0.255 e. The minimum Gasteiger partial charge on any atom is -0.505 e. The summed E-state index contributed by atoms with van der Waals surface area (Å²) >= 11 is 0. The van der Waals surface area contributed by atoms with Gasteiger partial charge in [0.25, 0.3) is 5.91 Å². The number of carbonyl (C=O) groups excluding carboxylic acids is 1. The van der Waals surface area contributed by atoms with Crippen LogP contribution in [0.2, 0.25) is 0 Å². The van der Waals surface area contributed by atoms with Gasteiger partial charge in [0, 0.05) is 31.0 Å². The summed E-state index contributed by atoms with van der Waals surface area (Å²) in [7, 11) is 1.85. The fourth-order valence-corrected chi connectivity index (χ4v) is 2.13. The lowest BCUT2D eigenvalue weighted by atomic mass is 10.1. The molecule has 2 N–H and O–H groups in total. The highest BCUT2D eigenvalue weighted by Gasteiger charge is 2.14. The smallest absolute Gasteiger partial charge is 0.255 e. The average Bonchev–Trinajstić information content (AvgIpc) is 2.91. The van der Waals surface area contributed by atoms with Crippen molar-refractivity contribution in [2.45, 2.75) is 6.54 Å². The molecule has 0 unspecified atom stereocenters. The largest absolute Gasteiger partial charge is 0.505 e. The molecule has 0 saturated heterocycles. The van der Waals surface area contributed by atoms with Gasteiger partial charge in [-0.05, 0) is 12.1 Å². The summed E-state index contributed by atoms with van der Waals surface area (Å²) in [6.07, 6.45) is 5.05. The maximum absolute atomic E-state index is 12.2. The molecule has 3 rings (SSSR count). The van der Waals surface area contributed by atoms with Crippen LogP contribution >= 0.6 is 0 Å². The molecule has 106 valence electrons. The van der Waals surface area contributed by atoms with E-state index in [-0.39, 0.29) is 17.2 Å². The number of aromatic hydroxyl groups is 1. The number of phenols is 1. The first-order valence-electron chi connectivity index (χ1n) is 6.48. The third-order valence-corrected chi connectivity index (χ3v) is 3.32. The molecule has 1 aromatic carbocycles. The summed E-state index contributed by atoms with van der Waals surface area (Å²) in [4.78, 5) is 20.4. The zero-order chi connectivity index (χ0) is 14.8. The predicted octanol–water partition coefficient (Wildman–Crippen LogP) is 1.60. The molecule has 0 spiro atoms. The lowest BCUT2D eigenvalue weighted by Crippen LogP contribution is -2.24. The summed E-state index contributed by atoms with van der Waals surface area (Å²) in [6.45, 7) is 0.294. The minimum atomic E-state index is -0.358. The van der Waals surface area contributed by atoms with Crippen LogP contribution in [-0.2, 0) is 13.6 Å². The molecule has 6 heteroatoms. The number of pyridine rings is 1. The van der Waals surface area contributed by atoms with Crippen molar-refractivity contribution in [1.29, 1.82) is 0 Å². The van der Waals surface area contributed by atoms with Crippen LogP contribution in [0.25, 0.3) is 10.9 Å². The quantitative estimate of drug-likeness (QED) is 0.764. The Morgan fingerprint density at radius 1 is 1.29 bits per heavy atom. The van der Waals surface area contributed by atoms with Crippen molar-refractivity contribution in [2.75, 3.05) is 0 Å². The third-order valence-electron chi connectivity index (χ3n) is 3.32. The number of aryl methyl sites for hydroxylation is 1. The lowest BCUT2D eigenvalue weighted by molar-refractivity contribution is 0.0947. The first-order chi connectivity index (χ1) is 10.2. The first kappa shape index (κ1) is 13.1. The van der Waals surface area contributed by atoms with Crippen LogP contribution in [0, 0.1) is 0 Å². The van der Waals surface area contributed by atoms with E-state index in [0.29, 0.717) is 12.1 Å². The van der Waals surface area contributed by atoms with Crippen LogP contribution in [0.3, 0.4) is 0 Å². The molecule has 0 aliphatic carbocycles. The van der Waals surface area contributed by atoms with Gasteiger partial charge in [-0.25, -0.2) is 4.98 Å². The fourth-order valence-electron chi connectivity index (χ4n) is 2.13. The van der Waals surface area contributed by atoms with Crippen molar-refractivity contribution < 1.29 is 9.90 Å². The molecular formula is C15H14N4O2. The number of rotatable bonds is 3. The van der Waals surface area contributed by atoms with Crippen molar-refractivity contribution in [3.63, 3.8) is 0 Å². The van der Waals surface area contributed by atoms with Crippen LogP contribution in [0.4, 0.5) is 0 Å². The molecular weight excluding hydrogens is 268 g/mol. The Balaban J connectivity index is 1.85. The second-order valence-corrected chi connectivity index (χ2v) is 4.67. The number of nitrogens with zero attached hydrogens (tertiary/aromatic N) is 3. The van der Waals surface area contributed by atoms with E-state index in [4.69, 9.17) is 0 Å². The van der Waals surface area contributed by atoms with Gasteiger partial charge in [0.2, 0.25) is 0 Å². The van der Waals surface area contributed by atoms with E-state index >= 15 is 0 Å². The Bertz CT molecular complexity index is 810. The zero-order valence-corrected chi connectivity index (χ0v) is 11.4. The highest BCUT2D eigenvalue weighted by atomic mass is 16.3. The van der Waals surface area contributed by atoms with E-state index in [0.717, 1.165) is 11.2 Å². The minimum absolute atomic E-state index is 0.106. The van der Waals surface area contributed by atoms with Crippen LogP contribution in [0.5, 0.6) is 5.75 Å². The highest BCUT2D eigenvalue weighted by Crippen LogP contribution is 2.26. The first-order valence-corrected chi connectivity index (χ1v) is 6.48. The Hall–Kier alpha value is -2.89. The molecule has 2 heterocycles. The molecule has 0 radical (unpaired) electrons. The molecule has 3 aromatic rings. The summed E-state index contributed by atoms with van der Waals surface area (Å²) in [5, 5.41) is 13.7. The zero-order valence-electron chi connectivity index (χ0n) is 11.4. The highest BCUT2D eigenvalue weighted by molar-refractivity contribution is 6.02. The second kappa shape index (κ2) is 5.24. The molecule has 21 heavy (non-hydrogen) atoms. The average molecular weight is 282 g/mol. The Labute approximate surface area is 121 Å². The number of carbonyl (C=O) groups is 1. The van der Waals surface area contributed by atoms with Crippen molar-refractivity contribution in [2.24, 2.45) is 7.05 Å². The SMILES string of the molecule is Cn1ccnc1CNC(=O)c1ccc2cccnc2c1O. The maximum atomic E-state index is 12.2. The van der Waals surface area contributed by atoms with Gasteiger partial charge >= 0.3 is 0 Å². The van der Waals surface area contributed by atoms with E-state index in [2.05, 4.69) is 15.3 Å². The van der Waals surface area contributed by atoms with Gasteiger partial charge in [0.05, 0.1) is 12.1 Å². The summed E-state index contributed by atoms with van der Waals surface area (Å²) < 4.78 is 1.82. The molecule has 0 aliphatic rings. The van der Waals surface area contributed by atoms with Crippen LogP contribution < -0.4 is 5.32 Å². The Morgan fingerprint density at radius 2 is 2.14 bits per heavy atom. The van der Waals surface area contributed by atoms with Crippen LogP contribution in [0.1, 0.15) is 16.2 Å². The van der Waals surface area contributed by atoms with Gasteiger partial charge in [-0.15, -0.1) is 0 Å². The molecule has 0 saturated carbocycles. The van der Waals surface area contributed by atoms with E-state index < -0.39 is 0 Å². The van der Waals surface area contributed by atoms with Gasteiger partial charge in [-0.2, -0.15) is 0 Å². The molecule has 1 amide bonds. The number of nitrogens with one attached hydrogen (secondary N) is 1. The number of hydrogen-bond acceptors (Lipinski definition) is 4. The number of fused-ring (bicyclic) bond motifs is 1. The lowest BCUT2D eigenvalue weighted by Gasteiger charge is -2.08. The van der Waals surface area contributed by atoms with Gasteiger partial charge in [-0.1, -0.05) is 12.1 Å². The van der Waals surface area contributed by atoms with Gasteiger partial charge in [0.1, 0.15) is 11.3 Å². The second-order valence-electron chi connectivity index (χ2n) is 4.67. The molecule has 0 fully saturated rings. The normalized spacial score (nSPS) is 10.7. The fraction of sp³-hybridized carbons (Fsp3) is 0.133. The van der Waals surface area contributed by atoms with Crippen molar-refractivity contribution >= 4 is 16.8 Å². The molecule has 6 nitrogen and oxygen atoms in total.